The Morgan fingerprint density at radius 3 is 2.63 bits per heavy atom. The van der Waals surface area contributed by atoms with Crippen molar-refractivity contribution in [2.75, 3.05) is 32.7 Å². The number of hydrogen-bond acceptors (Lipinski definition) is 7. The molecule has 27 heavy (non-hydrogen) atoms. The molecule has 2 unspecified atom stereocenters. The van der Waals surface area contributed by atoms with Gasteiger partial charge in [0.2, 0.25) is 17.7 Å². The number of piperidine rings is 1. The van der Waals surface area contributed by atoms with Crippen molar-refractivity contribution >= 4 is 17.2 Å². The first-order valence-corrected chi connectivity index (χ1v) is 10.5. The zero-order valence-electron chi connectivity index (χ0n) is 15.8. The van der Waals surface area contributed by atoms with E-state index in [4.69, 9.17) is 9.15 Å². The summed E-state index contributed by atoms with van der Waals surface area (Å²) in [4.78, 5) is 16.8. The van der Waals surface area contributed by atoms with E-state index in [1.54, 1.807) is 11.3 Å². The fraction of sp³-hybridized carbons (Fsp3) is 0.632. The number of carbonyl (C=O) groups excluding carboxylic acids is 1. The number of rotatable bonds is 4. The van der Waals surface area contributed by atoms with Crippen molar-refractivity contribution in [3.8, 4) is 11.5 Å². The molecular weight excluding hydrogens is 364 g/mol. The van der Waals surface area contributed by atoms with Crippen molar-refractivity contribution in [2.45, 2.75) is 44.8 Å². The number of morpholine rings is 1. The van der Waals surface area contributed by atoms with Crippen LogP contribution in [0.5, 0.6) is 0 Å². The first kappa shape index (κ1) is 18.6. The Bertz CT molecular complexity index is 745. The fourth-order valence-corrected chi connectivity index (χ4v) is 4.54. The predicted molar refractivity (Wildman–Crippen MR) is 103 cm³/mol. The number of thiophene rings is 1. The molecule has 2 atom stereocenters. The second-order valence-corrected chi connectivity index (χ2v) is 8.34. The molecule has 0 radical (unpaired) electrons. The van der Waals surface area contributed by atoms with Gasteiger partial charge in [-0.25, -0.2) is 0 Å². The van der Waals surface area contributed by atoms with E-state index in [9.17, 15) is 4.79 Å². The summed E-state index contributed by atoms with van der Waals surface area (Å²) < 4.78 is 11.6. The van der Waals surface area contributed by atoms with Crippen LogP contribution in [-0.2, 0) is 9.53 Å². The van der Waals surface area contributed by atoms with Crippen LogP contribution in [0.25, 0.3) is 11.5 Å². The summed E-state index contributed by atoms with van der Waals surface area (Å²) in [6, 6.07) is 1.99. The largest absolute Gasteiger partial charge is 0.420 e. The van der Waals surface area contributed by atoms with Crippen LogP contribution < -0.4 is 0 Å². The molecule has 2 saturated heterocycles. The molecule has 0 bridgehead atoms. The van der Waals surface area contributed by atoms with Gasteiger partial charge < -0.3 is 14.1 Å². The van der Waals surface area contributed by atoms with Gasteiger partial charge in [-0.05, 0) is 51.2 Å². The van der Waals surface area contributed by atoms with Crippen LogP contribution in [-0.4, -0.2) is 70.8 Å². The molecule has 2 aromatic rings. The van der Waals surface area contributed by atoms with Gasteiger partial charge in [-0.3, -0.25) is 9.69 Å². The number of amides is 1. The molecule has 0 aromatic carbocycles. The van der Waals surface area contributed by atoms with E-state index in [1.807, 2.05) is 35.6 Å². The standard InChI is InChI=1S/C19H26N4O3S/c1-13-9-23(10-14(2)25-13)17(24)11-22-6-3-15(4-7-22)18-20-21-19(26-18)16-5-8-27-12-16/h5,8,12-15H,3-4,6-7,9-11H2,1-2H3. The number of nitrogens with zero attached hydrogens (tertiary/aromatic N) is 4. The monoisotopic (exact) mass is 390 g/mol. The number of ether oxygens (including phenoxy) is 1. The van der Waals surface area contributed by atoms with Gasteiger partial charge in [-0.15, -0.1) is 10.2 Å². The van der Waals surface area contributed by atoms with E-state index in [-0.39, 0.29) is 24.0 Å². The Kier molecular flexibility index (Phi) is 5.56. The Morgan fingerprint density at radius 1 is 1.22 bits per heavy atom. The average Bonchev–Trinajstić information content (AvgIpc) is 3.33. The molecule has 7 nitrogen and oxygen atoms in total. The minimum atomic E-state index is 0.110. The van der Waals surface area contributed by atoms with Gasteiger partial charge >= 0.3 is 0 Å². The summed E-state index contributed by atoms with van der Waals surface area (Å²) in [7, 11) is 0. The number of likely N-dealkylation sites (tertiary alicyclic amines) is 1. The van der Waals surface area contributed by atoms with Gasteiger partial charge in [-0.1, -0.05) is 0 Å². The summed E-state index contributed by atoms with van der Waals surface area (Å²) in [5, 5.41) is 12.5. The minimum absolute atomic E-state index is 0.110. The Morgan fingerprint density at radius 2 is 1.96 bits per heavy atom. The van der Waals surface area contributed by atoms with Crippen LogP contribution >= 0.6 is 11.3 Å². The lowest BCUT2D eigenvalue weighted by molar-refractivity contribution is -0.144. The second-order valence-electron chi connectivity index (χ2n) is 7.56. The van der Waals surface area contributed by atoms with E-state index >= 15 is 0 Å². The molecule has 0 N–H and O–H groups in total. The van der Waals surface area contributed by atoms with Crippen LogP contribution in [0, 0.1) is 0 Å². The van der Waals surface area contributed by atoms with E-state index in [2.05, 4.69) is 15.1 Å². The zero-order valence-corrected chi connectivity index (χ0v) is 16.7. The summed E-state index contributed by atoms with van der Waals surface area (Å²) >= 11 is 1.62. The second kappa shape index (κ2) is 8.08. The van der Waals surface area contributed by atoms with Crippen molar-refractivity contribution in [1.82, 2.24) is 20.0 Å². The smallest absolute Gasteiger partial charge is 0.248 e. The molecule has 0 aliphatic carbocycles. The molecule has 2 aliphatic rings. The Balaban J connectivity index is 1.28. The predicted octanol–water partition coefficient (Wildman–Crippen LogP) is 2.61. The van der Waals surface area contributed by atoms with Gasteiger partial charge in [0.05, 0.1) is 18.8 Å². The maximum Gasteiger partial charge on any atom is 0.248 e. The van der Waals surface area contributed by atoms with Gasteiger partial charge in [-0.2, -0.15) is 11.3 Å². The molecular formula is C19H26N4O3S. The third-order valence-corrected chi connectivity index (χ3v) is 5.96. The highest BCUT2D eigenvalue weighted by molar-refractivity contribution is 7.08. The van der Waals surface area contributed by atoms with E-state index in [1.165, 1.54) is 0 Å². The Labute approximate surface area is 163 Å². The van der Waals surface area contributed by atoms with Crippen LogP contribution in [0.15, 0.2) is 21.2 Å². The topological polar surface area (TPSA) is 71.7 Å². The van der Waals surface area contributed by atoms with Crippen LogP contribution in [0.3, 0.4) is 0 Å². The first-order valence-electron chi connectivity index (χ1n) is 9.60. The minimum Gasteiger partial charge on any atom is -0.420 e. The maximum atomic E-state index is 12.6. The number of hydrogen-bond donors (Lipinski definition) is 0. The van der Waals surface area contributed by atoms with E-state index in [0.29, 0.717) is 25.5 Å². The van der Waals surface area contributed by atoms with Crippen LogP contribution in [0.4, 0.5) is 0 Å². The molecule has 2 aromatic heterocycles. The molecule has 146 valence electrons. The van der Waals surface area contributed by atoms with Crippen LogP contribution in [0.2, 0.25) is 0 Å². The highest BCUT2D eigenvalue weighted by Crippen LogP contribution is 2.30. The zero-order chi connectivity index (χ0) is 18.8. The van der Waals surface area contributed by atoms with Gasteiger partial charge in [0.15, 0.2) is 0 Å². The van der Waals surface area contributed by atoms with Gasteiger partial charge in [0.1, 0.15) is 0 Å². The third-order valence-electron chi connectivity index (χ3n) is 5.28. The first-order chi connectivity index (χ1) is 13.1. The van der Waals surface area contributed by atoms with Crippen molar-refractivity contribution in [1.29, 1.82) is 0 Å². The lowest BCUT2D eigenvalue weighted by atomic mass is 9.97. The highest BCUT2D eigenvalue weighted by Gasteiger charge is 2.30. The lowest BCUT2D eigenvalue weighted by Gasteiger charge is -2.37. The number of aromatic nitrogens is 2. The molecule has 0 saturated carbocycles. The van der Waals surface area contributed by atoms with Gasteiger partial charge in [0, 0.05) is 30.0 Å². The van der Waals surface area contributed by atoms with Crippen molar-refractivity contribution in [3.05, 3.63) is 22.7 Å². The lowest BCUT2D eigenvalue weighted by Crippen LogP contribution is -2.51. The van der Waals surface area contributed by atoms with Crippen molar-refractivity contribution in [3.63, 3.8) is 0 Å². The van der Waals surface area contributed by atoms with Crippen molar-refractivity contribution < 1.29 is 13.9 Å². The van der Waals surface area contributed by atoms with E-state index < -0.39 is 0 Å². The van der Waals surface area contributed by atoms with Crippen molar-refractivity contribution in [2.24, 2.45) is 0 Å². The summed E-state index contributed by atoms with van der Waals surface area (Å²) in [5.41, 5.74) is 0.982. The normalized spacial score (nSPS) is 25.0. The molecule has 1 amide bonds. The SMILES string of the molecule is CC1CN(C(=O)CN2CCC(c3nnc(-c4ccsc4)o3)CC2)CC(C)O1. The molecule has 4 rings (SSSR count). The van der Waals surface area contributed by atoms with Crippen LogP contribution in [0.1, 0.15) is 38.5 Å². The maximum absolute atomic E-state index is 12.6. The molecule has 0 spiro atoms. The summed E-state index contributed by atoms with van der Waals surface area (Å²) in [6.45, 7) is 7.66. The van der Waals surface area contributed by atoms with Gasteiger partial charge in [0.25, 0.3) is 0 Å². The average molecular weight is 391 g/mol. The molecule has 2 aliphatic heterocycles. The molecule has 4 heterocycles. The molecule has 2 fully saturated rings. The quantitative estimate of drug-likeness (QED) is 0.799. The molecule has 8 heteroatoms. The fourth-order valence-electron chi connectivity index (χ4n) is 3.91. The summed E-state index contributed by atoms with van der Waals surface area (Å²) in [6.07, 6.45) is 2.10. The third kappa shape index (κ3) is 4.39. The van der Waals surface area contributed by atoms with E-state index in [0.717, 1.165) is 37.4 Å². The summed E-state index contributed by atoms with van der Waals surface area (Å²) in [5.74, 6) is 1.80. The highest BCUT2D eigenvalue weighted by atomic mass is 32.1. The number of carbonyl (C=O) groups is 1. The Hall–Kier alpha value is -1.77.